The molecule has 0 saturated heterocycles. The van der Waals surface area contributed by atoms with Gasteiger partial charge in [0, 0.05) is 34.1 Å². The first-order valence-corrected chi connectivity index (χ1v) is 25.4. The summed E-state index contributed by atoms with van der Waals surface area (Å²) in [5.41, 5.74) is 20.6. The van der Waals surface area contributed by atoms with Gasteiger partial charge in [-0.15, -0.1) is 0 Å². The molecule has 338 valence electrons. The first-order chi connectivity index (χ1) is 36.2. The summed E-state index contributed by atoms with van der Waals surface area (Å²) in [5, 5.41) is 9.99. The van der Waals surface area contributed by atoms with Crippen LogP contribution in [-0.4, -0.2) is 6.71 Å². The molecular formula is C70H45BN2. The molecule has 3 heteroatoms. The molecule has 0 aliphatic carbocycles. The van der Waals surface area contributed by atoms with Gasteiger partial charge in [-0.3, -0.25) is 0 Å². The fourth-order valence-electron chi connectivity index (χ4n) is 12.3. The van der Waals surface area contributed by atoms with Crippen LogP contribution in [-0.2, 0) is 0 Å². The number of anilines is 6. The Morgan fingerprint density at radius 2 is 0.534 bits per heavy atom. The van der Waals surface area contributed by atoms with Gasteiger partial charge in [-0.05, 0) is 153 Å². The lowest BCUT2D eigenvalue weighted by atomic mass is 9.33. The maximum atomic E-state index is 2.52. The largest absolute Gasteiger partial charge is 0.311 e. The molecule has 0 unspecified atom stereocenters. The summed E-state index contributed by atoms with van der Waals surface area (Å²) in [4.78, 5) is 5.04. The Balaban J connectivity index is 0.968. The molecular weight excluding hydrogens is 880 g/mol. The highest BCUT2D eigenvalue weighted by Crippen LogP contribution is 2.46. The van der Waals surface area contributed by atoms with Gasteiger partial charge in [0.2, 0.25) is 0 Å². The van der Waals surface area contributed by atoms with Crippen molar-refractivity contribution in [2.75, 3.05) is 9.80 Å². The van der Waals surface area contributed by atoms with Crippen molar-refractivity contribution >= 4 is 100 Å². The molecule has 73 heavy (non-hydrogen) atoms. The second kappa shape index (κ2) is 16.6. The van der Waals surface area contributed by atoms with E-state index in [2.05, 4.69) is 283 Å². The molecule has 15 rings (SSSR count). The second-order valence-electron chi connectivity index (χ2n) is 19.6. The Bertz CT molecular complexity index is 4050. The molecule has 2 aliphatic rings. The molecule has 13 aromatic carbocycles. The van der Waals surface area contributed by atoms with Crippen LogP contribution in [0.2, 0.25) is 0 Å². The Morgan fingerprint density at radius 3 is 0.904 bits per heavy atom. The van der Waals surface area contributed by atoms with E-state index in [-0.39, 0.29) is 6.71 Å². The van der Waals surface area contributed by atoms with Crippen LogP contribution in [0, 0.1) is 0 Å². The zero-order valence-corrected chi connectivity index (χ0v) is 40.0. The van der Waals surface area contributed by atoms with Gasteiger partial charge >= 0.3 is 0 Å². The maximum absolute atomic E-state index is 2.52. The van der Waals surface area contributed by atoms with E-state index in [1.54, 1.807) is 0 Å². The predicted molar refractivity (Wildman–Crippen MR) is 312 cm³/mol. The van der Waals surface area contributed by atoms with Crippen LogP contribution < -0.4 is 26.2 Å². The molecule has 2 heterocycles. The van der Waals surface area contributed by atoms with Gasteiger partial charge in [-0.1, -0.05) is 224 Å². The maximum Gasteiger partial charge on any atom is 0.252 e. The summed E-state index contributed by atoms with van der Waals surface area (Å²) < 4.78 is 0. The fraction of sp³-hybridized carbons (Fsp3) is 0. The Kier molecular flexibility index (Phi) is 9.40. The van der Waals surface area contributed by atoms with E-state index in [0.29, 0.717) is 0 Å². The summed E-state index contributed by atoms with van der Waals surface area (Å²) in [6, 6.07) is 101. The molecule has 13 aromatic rings. The van der Waals surface area contributed by atoms with Crippen molar-refractivity contribution in [3.63, 3.8) is 0 Å². The third-order valence-corrected chi connectivity index (χ3v) is 15.6. The minimum Gasteiger partial charge on any atom is -0.311 e. The predicted octanol–water partition coefficient (Wildman–Crippen LogP) is 17.0. The molecule has 0 amide bonds. The first-order valence-electron chi connectivity index (χ1n) is 25.4. The SMILES string of the molecule is c1cc2c3c(c1)N(c1ccc(-c4cccc5ccccc45)cc1)c1ccc(-c4cccc5ccccc45)cc1B3c1cc(-c3cccc4ccccc34)ccc1N2c1ccc(-c2cccc3ccccc23)cc1. The van der Waals surface area contributed by atoms with Gasteiger partial charge in [0.15, 0.2) is 0 Å². The van der Waals surface area contributed by atoms with E-state index >= 15 is 0 Å². The molecule has 0 fully saturated rings. The van der Waals surface area contributed by atoms with Gasteiger partial charge in [0.1, 0.15) is 0 Å². The summed E-state index contributed by atoms with van der Waals surface area (Å²) in [7, 11) is 0. The van der Waals surface area contributed by atoms with Crippen LogP contribution in [0.3, 0.4) is 0 Å². The molecule has 0 bridgehead atoms. The molecule has 0 aromatic heterocycles. The third-order valence-electron chi connectivity index (χ3n) is 15.6. The van der Waals surface area contributed by atoms with Crippen molar-refractivity contribution in [2.45, 2.75) is 0 Å². The minimum atomic E-state index is -0.0709. The van der Waals surface area contributed by atoms with Gasteiger partial charge in [0.25, 0.3) is 6.71 Å². The highest BCUT2D eigenvalue weighted by molar-refractivity contribution is 7.00. The number of benzene rings is 13. The molecule has 0 N–H and O–H groups in total. The van der Waals surface area contributed by atoms with E-state index < -0.39 is 0 Å². The summed E-state index contributed by atoms with van der Waals surface area (Å²) in [6.07, 6.45) is 0. The molecule has 0 radical (unpaired) electrons. The van der Waals surface area contributed by atoms with Crippen LogP contribution in [0.1, 0.15) is 0 Å². The Hall–Kier alpha value is -9.44. The number of nitrogens with zero attached hydrogens (tertiary/aromatic N) is 2. The number of rotatable bonds is 6. The minimum absolute atomic E-state index is 0.0709. The first kappa shape index (κ1) is 41.4. The standard InChI is InChI=1S/C70H45BN2/c1-5-22-56-46(14-1)18-9-26-60(56)50-32-38-54(39-33-50)72-66-42-36-52(62-28-11-20-48-16-3-7-24-58(48)62)44-64(66)71-65-45-53(63-29-12-21-49-17-4-8-25-59(49)63)37-43-67(65)73(69-31-13-30-68(72)70(69)71)55-40-34-51(35-41-55)61-27-10-19-47-15-2-6-23-57(47)61/h1-45H. The van der Waals surface area contributed by atoms with E-state index in [1.165, 1.54) is 127 Å². The number of fused-ring (bicyclic) bond motifs is 8. The second-order valence-corrected chi connectivity index (χ2v) is 19.6. The quantitative estimate of drug-likeness (QED) is 0.153. The molecule has 2 nitrogen and oxygen atoms in total. The molecule has 0 atom stereocenters. The van der Waals surface area contributed by atoms with Gasteiger partial charge in [0.05, 0.1) is 0 Å². The summed E-state index contributed by atoms with van der Waals surface area (Å²) >= 11 is 0. The topological polar surface area (TPSA) is 6.48 Å². The van der Waals surface area contributed by atoms with E-state index in [4.69, 9.17) is 0 Å². The van der Waals surface area contributed by atoms with E-state index in [0.717, 1.165) is 11.4 Å². The molecule has 0 spiro atoms. The average molecular weight is 925 g/mol. The Labute approximate surface area is 425 Å². The average Bonchev–Trinajstić information content (AvgIpc) is 3.46. The highest BCUT2D eigenvalue weighted by Gasteiger charge is 2.43. The zero-order chi connectivity index (χ0) is 48.0. The van der Waals surface area contributed by atoms with Gasteiger partial charge in [-0.2, -0.15) is 0 Å². The van der Waals surface area contributed by atoms with Crippen molar-refractivity contribution in [3.8, 4) is 44.5 Å². The highest BCUT2D eigenvalue weighted by atomic mass is 15.2. The van der Waals surface area contributed by atoms with E-state index in [1.807, 2.05) is 0 Å². The smallest absolute Gasteiger partial charge is 0.252 e. The normalized spacial score (nSPS) is 12.6. The van der Waals surface area contributed by atoms with Crippen LogP contribution in [0.15, 0.2) is 273 Å². The summed E-state index contributed by atoms with van der Waals surface area (Å²) in [6.45, 7) is -0.0709. The number of hydrogen-bond acceptors (Lipinski definition) is 2. The van der Waals surface area contributed by atoms with Crippen molar-refractivity contribution < 1.29 is 0 Å². The van der Waals surface area contributed by atoms with Crippen LogP contribution in [0.5, 0.6) is 0 Å². The molecule has 0 saturated carbocycles. The third kappa shape index (κ3) is 6.59. The van der Waals surface area contributed by atoms with Crippen molar-refractivity contribution in [2.24, 2.45) is 0 Å². The van der Waals surface area contributed by atoms with Crippen molar-refractivity contribution in [3.05, 3.63) is 273 Å². The van der Waals surface area contributed by atoms with Crippen LogP contribution >= 0.6 is 0 Å². The number of hydrogen-bond donors (Lipinski definition) is 0. The van der Waals surface area contributed by atoms with Crippen LogP contribution in [0.25, 0.3) is 87.6 Å². The lowest BCUT2D eigenvalue weighted by Crippen LogP contribution is -2.61. The van der Waals surface area contributed by atoms with Crippen molar-refractivity contribution in [1.29, 1.82) is 0 Å². The van der Waals surface area contributed by atoms with Gasteiger partial charge < -0.3 is 9.80 Å². The van der Waals surface area contributed by atoms with E-state index in [9.17, 15) is 0 Å². The Morgan fingerprint density at radius 1 is 0.233 bits per heavy atom. The lowest BCUT2D eigenvalue weighted by molar-refractivity contribution is 1.25. The molecule has 2 aliphatic heterocycles. The van der Waals surface area contributed by atoms with Gasteiger partial charge in [-0.25, -0.2) is 0 Å². The van der Waals surface area contributed by atoms with Crippen LogP contribution in [0.4, 0.5) is 34.1 Å². The lowest BCUT2D eigenvalue weighted by Gasteiger charge is -2.44. The monoisotopic (exact) mass is 924 g/mol. The zero-order valence-electron chi connectivity index (χ0n) is 40.0. The fourth-order valence-corrected chi connectivity index (χ4v) is 12.3. The summed E-state index contributed by atoms with van der Waals surface area (Å²) in [5.74, 6) is 0. The van der Waals surface area contributed by atoms with Crippen molar-refractivity contribution in [1.82, 2.24) is 0 Å².